The molecule has 0 spiro atoms. The lowest BCUT2D eigenvalue weighted by atomic mass is 9.94. The van der Waals surface area contributed by atoms with E-state index in [0.717, 1.165) is 50.0 Å². The molecule has 0 radical (unpaired) electrons. The molecule has 5 heteroatoms. The van der Waals surface area contributed by atoms with E-state index in [1.165, 1.54) is 17.5 Å². The number of imide groups is 1. The number of fused-ring (bicyclic) bond motifs is 1. The van der Waals surface area contributed by atoms with Gasteiger partial charge in [-0.3, -0.25) is 14.5 Å². The van der Waals surface area contributed by atoms with Crippen LogP contribution in [0.15, 0.2) is 54.2 Å². The number of carbonyl (C=O) groups is 2. The summed E-state index contributed by atoms with van der Waals surface area (Å²) in [4.78, 5) is 31.3. The number of hydrogen-bond acceptors (Lipinski definition) is 4. The Hall–Kier alpha value is -3.08. The van der Waals surface area contributed by atoms with Gasteiger partial charge in [0.25, 0.3) is 11.8 Å². The van der Waals surface area contributed by atoms with E-state index in [0.29, 0.717) is 17.8 Å². The van der Waals surface area contributed by atoms with Crippen LogP contribution in [0.1, 0.15) is 62.6 Å². The summed E-state index contributed by atoms with van der Waals surface area (Å²) in [7, 11) is 0. The Labute approximate surface area is 196 Å². The van der Waals surface area contributed by atoms with Crippen molar-refractivity contribution in [3.63, 3.8) is 0 Å². The Morgan fingerprint density at radius 2 is 1.58 bits per heavy atom. The molecule has 33 heavy (non-hydrogen) atoms. The lowest BCUT2D eigenvalue weighted by Gasteiger charge is -2.33. The molecule has 2 heterocycles. The fourth-order valence-corrected chi connectivity index (χ4v) is 5.42. The normalized spacial score (nSPS) is 19.5. The van der Waals surface area contributed by atoms with E-state index in [-0.39, 0.29) is 24.0 Å². The summed E-state index contributed by atoms with van der Waals surface area (Å²) < 4.78 is 5.79. The van der Waals surface area contributed by atoms with Gasteiger partial charge in [0.1, 0.15) is 11.4 Å². The Morgan fingerprint density at radius 1 is 0.879 bits per heavy atom. The average molecular weight is 445 g/mol. The summed E-state index contributed by atoms with van der Waals surface area (Å²) in [6.45, 7) is 5.37. The smallest absolute Gasteiger partial charge is 0.278 e. The Bertz CT molecular complexity index is 1080. The molecule has 0 atom stereocenters. The van der Waals surface area contributed by atoms with Crippen LogP contribution in [-0.2, 0) is 22.6 Å². The SMILES string of the molecule is CC(C)Oc1ccc(C2=C(N3CCc4ccccc4C3)C(=O)N(C3CCCCC3)C2=O)cc1. The number of amides is 2. The van der Waals surface area contributed by atoms with Crippen molar-refractivity contribution < 1.29 is 14.3 Å². The molecule has 1 fully saturated rings. The summed E-state index contributed by atoms with van der Waals surface area (Å²) >= 11 is 0. The highest BCUT2D eigenvalue weighted by atomic mass is 16.5. The van der Waals surface area contributed by atoms with E-state index in [2.05, 4.69) is 23.1 Å². The number of rotatable bonds is 5. The number of nitrogens with zero attached hydrogens (tertiary/aromatic N) is 2. The molecule has 2 amide bonds. The minimum atomic E-state index is -0.140. The predicted octanol–water partition coefficient (Wildman–Crippen LogP) is 4.94. The van der Waals surface area contributed by atoms with Gasteiger partial charge in [-0.2, -0.15) is 0 Å². The van der Waals surface area contributed by atoms with Crippen molar-refractivity contribution in [3.8, 4) is 5.75 Å². The van der Waals surface area contributed by atoms with Gasteiger partial charge in [-0.25, -0.2) is 0 Å². The molecule has 2 aromatic rings. The third-order valence-corrected chi connectivity index (χ3v) is 6.99. The lowest BCUT2D eigenvalue weighted by Crippen LogP contribution is -2.44. The van der Waals surface area contributed by atoms with Gasteiger partial charge in [0.15, 0.2) is 0 Å². The quantitative estimate of drug-likeness (QED) is 0.613. The fourth-order valence-electron chi connectivity index (χ4n) is 5.42. The predicted molar refractivity (Wildman–Crippen MR) is 128 cm³/mol. The van der Waals surface area contributed by atoms with E-state index in [4.69, 9.17) is 4.74 Å². The van der Waals surface area contributed by atoms with E-state index in [1.54, 1.807) is 4.90 Å². The number of carbonyl (C=O) groups excluding carboxylic acids is 2. The molecular formula is C28H32N2O3. The number of ether oxygens (including phenoxy) is 1. The summed E-state index contributed by atoms with van der Waals surface area (Å²) in [5, 5.41) is 0. The van der Waals surface area contributed by atoms with Crippen molar-refractivity contribution >= 4 is 17.4 Å². The number of hydrogen-bond donors (Lipinski definition) is 0. The van der Waals surface area contributed by atoms with Crippen LogP contribution in [0.5, 0.6) is 5.75 Å². The minimum Gasteiger partial charge on any atom is -0.491 e. The highest BCUT2D eigenvalue weighted by molar-refractivity contribution is 6.35. The molecule has 1 aliphatic carbocycles. The number of benzene rings is 2. The van der Waals surface area contributed by atoms with E-state index in [1.807, 2.05) is 44.2 Å². The summed E-state index contributed by atoms with van der Waals surface area (Å²) in [5.41, 5.74) is 4.45. The maximum absolute atomic E-state index is 13.8. The molecule has 1 saturated carbocycles. The van der Waals surface area contributed by atoms with Crippen molar-refractivity contribution in [2.24, 2.45) is 0 Å². The minimum absolute atomic E-state index is 0.00637. The largest absolute Gasteiger partial charge is 0.491 e. The molecule has 3 aliphatic rings. The molecule has 0 bridgehead atoms. The molecule has 172 valence electrons. The Morgan fingerprint density at radius 3 is 2.27 bits per heavy atom. The van der Waals surface area contributed by atoms with Crippen LogP contribution in [-0.4, -0.2) is 40.3 Å². The second-order valence-corrected chi connectivity index (χ2v) is 9.63. The Kier molecular flexibility index (Phi) is 5.96. The first-order valence-electron chi connectivity index (χ1n) is 12.2. The van der Waals surface area contributed by atoms with Crippen LogP contribution in [0.3, 0.4) is 0 Å². The van der Waals surface area contributed by atoms with Crippen LogP contribution in [0.2, 0.25) is 0 Å². The molecule has 0 saturated heterocycles. The van der Waals surface area contributed by atoms with Gasteiger partial charge in [-0.15, -0.1) is 0 Å². The molecule has 5 rings (SSSR count). The van der Waals surface area contributed by atoms with Gasteiger partial charge in [0.2, 0.25) is 0 Å². The molecule has 2 aliphatic heterocycles. The molecule has 5 nitrogen and oxygen atoms in total. The molecule has 0 unspecified atom stereocenters. The van der Waals surface area contributed by atoms with Gasteiger partial charge in [-0.05, 0) is 61.9 Å². The zero-order chi connectivity index (χ0) is 22.9. The van der Waals surface area contributed by atoms with Crippen molar-refractivity contribution in [2.75, 3.05) is 6.54 Å². The maximum Gasteiger partial charge on any atom is 0.278 e. The molecule has 2 aromatic carbocycles. The third-order valence-electron chi connectivity index (χ3n) is 6.99. The van der Waals surface area contributed by atoms with Crippen LogP contribution < -0.4 is 4.74 Å². The Balaban J connectivity index is 1.53. The van der Waals surface area contributed by atoms with Crippen LogP contribution in [0, 0.1) is 0 Å². The lowest BCUT2D eigenvalue weighted by molar-refractivity contribution is -0.141. The summed E-state index contributed by atoms with van der Waals surface area (Å²) in [5.74, 6) is 0.505. The third kappa shape index (κ3) is 4.17. The van der Waals surface area contributed by atoms with Crippen LogP contribution >= 0.6 is 0 Å². The summed E-state index contributed by atoms with van der Waals surface area (Å²) in [6, 6.07) is 16.0. The average Bonchev–Trinajstić information content (AvgIpc) is 3.09. The van der Waals surface area contributed by atoms with Crippen molar-refractivity contribution in [2.45, 2.75) is 71.1 Å². The van der Waals surface area contributed by atoms with Gasteiger partial charge in [0, 0.05) is 19.1 Å². The zero-order valence-electron chi connectivity index (χ0n) is 19.5. The molecule has 0 aromatic heterocycles. The second kappa shape index (κ2) is 9.05. The van der Waals surface area contributed by atoms with Crippen LogP contribution in [0.25, 0.3) is 5.57 Å². The first-order chi connectivity index (χ1) is 16.0. The van der Waals surface area contributed by atoms with E-state index in [9.17, 15) is 9.59 Å². The zero-order valence-corrected chi connectivity index (χ0v) is 19.5. The fraction of sp³-hybridized carbons (Fsp3) is 0.429. The van der Waals surface area contributed by atoms with Gasteiger partial charge in [0.05, 0.1) is 11.7 Å². The molecular weight excluding hydrogens is 412 g/mol. The highest BCUT2D eigenvalue weighted by Crippen LogP contribution is 2.38. The molecule has 0 N–H and O–H groups in total. The second-order valence-electron chi connectivity index (χ2n) is 9.63. The summed E-state index contributed by atoms with van der Waals surface area (Å²) in [6.07, 6.45) is 6.09. The van der Waals surface area contributed by atoms with Crippen molar-refractivity contribution in [1.82, 2.24) is 9.80 Å². The van der Waals surface area contributed by atoms with Gasteiger partial charge >= 0.3 is 0 Å². The van der Waals surface area contributed by atoms with Crippen LogP contribution in [0.4, 0.5) is 0 Å². The standard InChI is InChI=1S/C28H32N2O3/c1-19(2)33-24-14-12-21(13-15-24)25-26(29-17-16-20-8-6-7-9-22(20)18-29)28(32)30(27(25)31)23-10-4-3-5-11-23/h6-9,12-15,19,23H,3-5,10-11,16-18H2,1-2H3. The first kappa shape index (κ1) is 21.7. The monoisotopic (exact) mass is 444 g/mol. The first-order valence-corrected chi connectivity index (χ1v) is 12.2. The van der Waals surface area contributed by atoms with Gasteiger partial charge in [-0.1, -0.05) is 55.7 Å². The van der Waals surface area contributed by atoms with E-state index < -0.39 is 0 Å². The maximum atomic E-state index is 13.8. The van der Waals surface area contributed by atoms with Crippen molar-refractivity contribution in [3.05, 3.63) is 70.9 Å². The van der Waals surface area contributed by atoms with E-state index >= 15 is 0 Å². The van der Waals surface area contributed by atoms with Crippen molar-refractivity contribution in [1.29, 1.82) is 0 Å². The van der Waals surface area contributed by atoms with Gasteiger partial charge < -0.3 is 9.64 Å². The highest BCUT2D eigenvalue weighted by Gasteiger charge is 2.45. The topological polar surface area (TPSA) is 49.9 Å².